The maximum Gasteiger partial charge on any atom is 0.227 e. The van der Waals surface area contributed by atoms with E-state index >= 15 is 0 Å². The fourth-order valence-corrected chi connectivity index (χ4v) is 8.75. The number of hydrogen-bond acceptors (Lipinski definition) is 7. The molecule has 0 fully saturated rings. The van der Waals surface area contributed by atoms with E-state index in [1.54, 1.807) is 0 Å². The van der Waals surface area contributed by atoms with Crippen LogP contribution in [0.1, 0.15) is 0 Å². The van der Waals surface area contributed by atoms with E-state index in [0.717, 1.165) is 67.5 Å². The summed E-state index contributed by atoms with van der Waals surface area (Å²) in [5.41, 5.74) is 11.6. The maximum absolute atomic E-state index is 6.07. The fraction of sp³-hybridized carbons (Fsp3) is 0. The van der Waals surface area contributed by atoms with Gasteiger partial charge in [-0.2, -0.15) is 0 Å². The third-order valence-corrected chi connectivity index (χ3v) is 11.4. The summed E-state index contributed by atoms with van der Waals surface area (Å²) >= 11 is 1.81. The highest BCUT2D eigenvalue weighted by Gasteiger charge is 2.19. The molecule has 0 N–H and O–H groups in total. The number of aromatic nitrogens is 2. The Morgan fingerprint density at radius 1 is 0.351 bits per heavy atom. The lowest BCUT2D eigenvalue weighted by molar-refractivity contribution is 0.619. The molecule has 0 saturated carbocycles. The number of hydrogen-bond donors (Lipinski definition) is 0. The van der Waals surface area contributed by atoms with Gasteiger partial charge in [-0.15, -0.1) is 11.3 Å². The van der Waals surface area contributed by atoms with Crippen LogP contribution >= 0.6 is 11.3 Å². The highest BCUT2D eigenvalue weighted by Crippen LogP contribution is 2.44. The van der Waals surface area contributed by atoms with Crippen LogP contribution in [0.4, 0.5) is 34.1 Å². The van der Waals surface area contributed by atoms with E-state index in [2.05, 4.69) is 155 Å². The molecule has 0 radical (unpaired) electrons. The first-order valence-electron chi connectivity index (χ1n) is 18.8. The van der Waals surface area contributed by atoms with Crippen molar-refractivity contribution in [2.45, 2.75) is 0 Å². The van der Waals surface area contributed by atoms with Gasteiger partial charge in [-0.25, -0.2) is 9.97 Å². The number of benzene rings is 8. The number of oxazole rings is 2. The third-order valence-electron chi connectivity index (χ3n) is 10.3. The molecule has 0 aliphatic rings. The molecule has 0 atom stereocenters. The Morgan fingerprint density at radius 3 is 1.14 bits per heavy atom. The molecule has 11 rings (SSSR count). The molecule has 0 amide bonds. The SMILES string of the molecule is c1ccc(N(c2ccc(-c3nc4ccccc4o3)cc2)c2ccc3c(c2)sc2cc(N(c4ccccc4)c4ccc(-c5nc6ccccc6o5)cc4)ccc23)cc1. The molecule has 3 heterocycles. The van der Waals surface area contributed by atoms with Crippen LogP contribution in [0.3, 0.4) is 0 Å². The molecule has 6 nitrogen and oxygen atoms in total. The van der Waals surface area contributed by atoms with Crippen molar-refractivity contribution in [2.75, 3.05) is 9.80 Å². The number of nitrogens with zero attached hydrogens (tertiary/aromatic N) is 4. The van der Waals surface area contributed by atoms with Gasteiger partial charge in [0.1, 0.15) is 11.0 Å². The summed E-state index contributed by atoms with van der Waals surface area (Å²) in [7, 11) is 0. The fourth-order valence-electron chi connectivity index (χ4n) is 7.58. The van der Waals surface area contributed by atoms with E-state index in [1.807, 2.05) is 59.9 Å². The first-order valence-corrected chi connectivity index (χ1v) is 19.6. The Labute approximate surface area is 332 Å². The van der Waals surface area contributed by atoms with Gasteiger partial charge in [0.05, 0.1) is 0 Å². The van der Waals surface area contributed by atoms with Crippen LogP contribution in [0, 0.1) is 0 Å². The molecule has 270 valence electrons. The van der Waals surface area contributed by atoms with Gasteiger partial charge < -0.3 is 18.6 Å². The van der Waals surface area contributed by atoms with Crippen LogP contribution in [0.15, 0.2) is 203 Å². The van der Waals surface area contributed by atoms with Crippen LogP contribution in [0.2, 0.25) is 0 Å². The van der Waals surface area contributed by atoms with Crippen LogP contribution in [-0.2, 0) is 0 Å². The molecule has 0 unspecified atom stereocenters. The second-order valence-corrected chi connectivity index (χ2v) is 15.0. The molecule has 0 aliphatic carbocycles. The average Bonchev–Trinajstić information content (AvgIpc) is 4.00. The molecular weight excluding hydrogens is 721 g/mol. The van der Waals surface area contributed by atoms with E-state index in [4.69, 9.17) is 18.8 Å². The lowest BCUT2D eigenvalue weighted by Gasteiger charge is -2.25. The van der Waals surface area contributed by atoms with E-state index in [-0.39, 0.29) is 0 Å². The van der Waals surface area contributed by atoms with Gasteiger partial charge in [0.25, 0.3) is 0 Å². The Morgan fingerprint density at radius 2 is 0.719 bits per heavy atom. The topological polar surface area (TPSA) is 58.5 Å². The van der Waals surface area contributed by atoms with Gasteiger partial charge in [0.2, 0.25) is 11.8 Å². The molecule has 3 aromatic heterocycles. The number of rotatable bonds is 8. The Bertz CT molecular complexity index is 2910. The largest absolute Gasteiger partial charge is 0.436 e. The number of fused-ring (bicyclic) bond motifs is 5. The number of anilines is 6. The third kappa shape index (κ3) is 5.98. The van der Waals surface area contributed by atoms with Crippen LogP contribution in [0.25, 0.3) is 65.3 Å². The van der Waals surface area contributed by atoms with Crippen LogP contribution in [0.5, 0.6) is 0 Å². The second kappa shape index (κ2) is 13.7. The Balaban J connectivity index is 0.955. The first-order chi connectivity index (χ1) is 28.2. The van der Waals surface area contributed by atoms with Crippen molar-refractivity contribution in [2.24, 2.45) is 0 Å². The molecule has 0 spiro atoms. The highest BCUT2D eigenvalue weighted by atomic mass is 32.1. The summed E-state index contributed by atoms with van der Waals surface area (Å²) in [5, 5.41) is 2.47. The van der Waals surface area contributed by atoms with Crippen molar-refractivity contribution in [3.05, 3.63) is 194 Å². The minimum Gasteiger partial charge on any atom is -0.436 e. The minimum absolute atomic E-state index is 0.614. The zero-order chi connectivity index (χ0) is 37.7. The van der Waals surface area contributed by atoms with Crippen molar-refractivity contribution in [3.8, 4) is 22.9 Å². The molecule has 0 saturated heterocycles. The van der Waals surface area contributed by atoms with E-state index < -0.39 is 0 Å². The van der Waals surface area contributed by atoms with E-state index in [1.165, 1.54) is 20.2 Å². The highest BCUT2D eigenvalue weighted by molar-refractivity contribution is 7.25. The normalized spacial score (nSPS) is 11.5. The van der Waals surface area contributed by atoms with Crippen molar-refractivity contribution >= 4 is 87.8 Å². The predicted octanol–water partition coefficient (Wildman–Crippen LogP) is 14.6. The quantitative estimate of drug-likeness (QED) is 0.154. The standard InChI is InChI=1S/C50H32N4O2S/c1-3-11-35(12-4-1)53(37-23-19-33(20-24-37)49-51-43-15-7-9-17-45(43)55-49)39-27-29-41-42-30-28-40(32-48(42)57-47(41)31-39)54(36-13-5-2-6-14-36)38-25-21-34(22-26-38)50-52-44-16-8-10-18-46(44)56-50/h1-32H. The van der Waals surface area contributed by atoms with Gasteiger partial charge in [0, 0.05) is 65.4 Å². The maximum atomic E-state index is 6.07. The van der Waals surface area contributed by atoms with E-state index in [0.29, 0.717) is 11.8 Å². The number of thiophene rings is 1. The van der Waals surface area contributed by atoms with Gasteiger partial charge in [-0.3, -0.25) is 0 Å². The van der Waals surface area contributed by atoms with Crippen LogP contribution in [-0.4, -0.2) is 9.97 Å². The van der Waals surface area contributed by atoms with Crippen molar-refractivity contribution < 1.29 is 8.83 Å². The Hall–Kier alpha value is -7.48. The monoisotopic (exact) mass is 752 g/mol. The molecular formula is C50H32N4O2S. The summed E-state index contributed by atoms with van der Waals surface area (Å²) in [5.74, 6) is 1.23. The summed E-state index contributed by atoms with van der Waals surface area (Å²) in [6, 6.07) is 67.2. The number of para-hydroxylation sites is 6. The van der Waals surface area contributed by atoms with E-state index in [9.17, 15) is 0 Å². The first kappa shape index (κ1) is 32.9. The van der Waals surface area contributed by atoms with Crippen molar-refractivity contribution in [1.82, 2.24) is 9.97 Å². The van der Waals surface area contributed by atoms with Crippen molar-refractivity contribution in [1.29, 1.82) is 0 Å². The van der Waals surface area contributed by atoms with Crippen LogP contribution < -0.4 is 9.80 Å². The summed E-state index contributed by atoms with van der Waals surface area (Å²) in [4.78, 5) is 14.0. The lowest BCUT2D eigenvalue weighted by Crippen LogP contribution is -2.09. The molecule has 57 heavy (non-hydrogen) atoms. The molecule has 0 bridgehead atoms. The van der Waals surface area contributed by atoms with Crippen molar-refractivity contribution in [3.63, 3.8) is 0 Å². The summed E-state index contributed by atoms with van der Waals surface area (Å²) in [6.07, 6.45) is 0. The van der Waals surface area contributed by atoms with Gasteiger partial charge in [-0.1, -0.05) is 72.8 Å². The predicted molar refractivity (Wildman–Crippen MR) is 235 cm³/mol. The summed E-state index contributed by atoms with van der Waals surface area (Å²) < 4.78 is 14.6. The Kier molecular flexibility index (Phi) is 7.89. The summed E-state index contributed by atoms with van der Waals surface area (Å²) in [6.45, 7) is 0. The zero-order valence-corrected chi connectivity index (χ0v) is 31.3. The average molecular weight is 753 g/mol. The second-order valence-electron chi connectivity index (χ2n) is 13.9. The zero-order valence-electron chi connectivity index (χ0n) is 30.5. The molecule has 11 aromatic rings. The molecule has 8 aromatic carbocycles. The molecule has 0 aliphatic heterocycles. The van der Waals surface area contributed by atoms with Gasteiger partial charge in [0.15, 0.2) is 11.2 Å². The van der Waals surface area contributed by atoms with Gasteiger partial charge in [-0.05, 0) is 121 Å². The molecule has 7 heteroatoms. The smallest absolute Gasteiger partial charge is 0.227 e. The van der Waals surface area contributed by atoms with Gasteiger partial charge >= 0.3 is 0 Å². The minimum atomic E-state index is 0.614. The lowest BCUT2D eigenvalue weighted by atomic mass is 10.1.